The summed E-state index contributed by atoms with van der Waals surface area (Å²) in [5.41, 5.74) is 3.56. The lowest BCUT2D eigenvalue weighted by Gasteiger charge is -2.26. The van der Waals surface area contributed by atoms with Crippen molar-refractivity contribution in [3.63, 3.8) is 0 Å². The van der Waals surface area contributed by atoms with Crippen LogP contribution in [0.3, 0.4) is 0 Å². The van der Waals surface area contributed by atoms with Crippen molar-refractivity contribution in [3.8, 4) is 22.6 Å². The van der Waals surface area contributed by atoms with Crippen molar-refractivity contribution in [3.05, 3.63) is 87.3 Å². The lowest BCUT2D eigenvalue weighted by atomic mass is 10.0. The van der Waals surface area contributed by atoms with E-state index in [-0.39, 0.29) is 11.5 Å². The minimum Gasteiger partial charge on any atom is -0.497 e. The van der Waals surface area contributed by atoms with Gasteiger partial charge in [0, 0.05) is 37.3 Å². The monoisotopic (exact) mass is 638 g/mol. The first-order valence-corrected chi connectivity index (χ1v) is 15.4. The molecule has 11 heteroatoms. The van der Waals surface area contributed by atoms with Crippen LogP contribution in [0, 0.1) is 0 Å². The highest BCUT2D eigenvalue weighted by molar-refractivity contribution is 8.26. The van der Waals surface area contributed by atoms with Crippen LogP contribution in [0.25, 0.3) is 17.2 Å². The number of hydrogen-bond acceptors (Lipinski definition) is 8. The fourth-order valence-electron chi connectivity index (χ4n) is 4.82. The van der Waals surface area contributed by atoms with E-state index in [4.69, 9.17) is 43.1 Å². The van der Waals surface area contributed by atoms with Gasteiger partial charge in [0.1, 0.15) is 22.4 Å². The summed E-state index contributed by atoms with van der Waals surface area (Å²) in [7, 11) is 1.59. The van der Waals surface area contributed by atoms with Crippen LogP contribution in [-0.4, -0.2) is 84.2 Å². The fraction of sp³-hybridized carbons (Fsp3) is 0.281. The number of halogens is 1. The van der Waals surface area contributed by atoms with Crippen LogP contribution in [0.5, 0.6) is 11.5 Å². The number of ether oxygens (including phenoxy) is 3. The predicted octanol–water partition coefficient (Wildman–Crippen LogP) is 5.87. The summed E-state index contributed by atoms with van der Waals surface area (Å²) in [5, 5.41) is 9.64. The number of carbonyl (C=O) groups excluding carboxylic acids is 1. The van der Waals surface area contributed by atoms with Gasteiger partial charge in [-0.25, -0.2) is 4.79 Å². The number of nitrogens with zero attached hydrogens (tertiary/aromatic N) is 2. The number of aromatic carboxylic acids is 1. The lowest BCUT2D eigenvalue weighted by molar-refractivity contribution is -0.122. The molecule has 0 unspecified atom stereocenters. The maximum Gasteiger partial charge on any atom is 0.335 e. The molecule has 2 saturated heterocycles. The molecule has 0 radical (unpaired) electrons. The third-order valence-electron chi connectivity index (χ3n) is 7.24. The SMILES string of the molecule is COc1ccc(-c2cc(C=C3SC(=S)N(CCc4ccc(C(=O)O)cc4)C3=O)ccc2OCCN2CCOCC2)c(Cl)c1. The van der Waals surface area contributed by atoms with Crippen LogP contribution in [0.1, 0.15) is 21.5 Å². The Morgan fingerprint density at radius 3 is 2.53 bits per heavy atom. The second-order valence-corrected chi connectivity index (χ2v) is 12.1. The fourth-order valence-corrected chi connectivity index (χ4v) is 6.40. The zero-order chi connectivity index (χ0) is 30.3. The average Bonchev–Trinajstić information content (AvgIpc) is 3.28. The normalized spacial score (nSPS) is 16.6. The van der Waals surface area contributed by atoms with Gasteiger partial charge in [-0.05, 0) is 66.1 Å². The van der Waals surface area contributed by atoms with E-state index < -0.39 is 5.97 Å². The maximum atomic E-state index is 13.3. The van der Waals surface area contributed by atoms with Crippen molar-refractivity contribution in [1.82, 2.24) is 9.80 Å². The Balaban J connectivity index is 1.34. The summed E-state index contributed by atoms with van der Waals surface area (Å²) in [6.45, 7) is 4.92. The van der Waals surface area contributed by atoms with E-state index in [9.17, 15) is 9.59 Å². The Hall–Kier alpha value is -3.41. The van der Waals surface area contributed by atoms with Crippen LogP contribution in [0.2, 0.25) is 5.02 Å². The summed E-state index contributed by atoms with van der Waals surface area (Å²) < 4.78 is 17.5. The van der Waals surface area contributed by atoms with Gasteiger partial charge in [0.05, 0.1) is 35.8 Å². The number of carboxylic acids is 1. The number of carboxylic acid groups (broad SMARTS) is 1. The van der Waals surface area contributed by atoms with Gasteiger partial charge in [0.15, 0.2) is 0 Å². The molecule has 2 aliphatic rings. The zero-order valence-corrected chi connectivity index (χ0v) is 26.0. The van der Waals surface area contributed by atoms with Crippen LogP contribution >= 0.6 is 35.6 Å². The Morgan fingerprint density at radius 1 is 1.07 bits per heavy atom. The number of amides is 1. The van der Waals surface area contributed by atoms with Gasteiger partial charge in [0.2, 0.25) is 0 Å². The molecule has 8 nitrogen and oxygen atoms in total. The molecular formula is C32H31ClN2O6S2. The molecule has 0 atom stereocenters. The van der Waals surface area contributed by atoms with E-state index in [1.807, 2.05) is 36.4 Å². The number of benzene rings is 3. The largest absolute Gasteiger partial charge is 0.497 e. The second-order valence-electron chi connectivity index (χ2n) is 9.99. The van der Waals surface area contributed by atoms with E-state index in [0.717, 1.165) is 55.1 Å². The number of thiocarbonyl (C=S) groups is 1. The van der Waals surface area contributed by atoms with Gasteiger partial charge in [-0.1, -0.05) is 53.8 Å². The molecule has 3 aromatic carbocycles. The van der Waals surface area contributed by atoms with Crippen molar-refractivity contribution in [1.29, 1.82) is 0 Å². The Bertz CT molecular complexity index is 1540. The average molecular weight is 639 g/mol. The molecule has 2 fully saturated rings. The van der Waals surface area contributed by atoms with Crippen LogP contribution < -0.4 is 9.47 Å². The molecule has 5 rings (SSSR count). The summed E-state index contributed by atoms with van der Waals surface area (Å²) in [5.74, 6) is 0.214. The molecule has 0 bridgehead atoms. The van der Waals surface area contributed by atoms with Gasteiger partial charge in [-0.2, -0.15) is 0 Å². The van der Waals surface area contributed by atoms with Crippen molar-refractivity contribution >= 4 is 57.9 Å². The van der Waals surface area contributed by atoms with Gasteiger partial charge >= 0.3 is 5.97 Å². The Labute approximate surface area is 265 Å². The number of morpholine rings is 1. The summed E-state index contributed by atoms with van der Waals surface area (Å²) in [4.78, 5) is 28.9. The molecule has 0 aromatic heterocycles. The smallest absolute Gasteiger partial charge is 0.335 e. The van der Waals surface area contributed by atoms with Crippen molar-refractivity contribution < 1.29 is 28.9 Å². The van der Waals surface area contributed by atoms with Gasteiger partial charge in [0.25, 0.3) is 5.91 Å². The molecule has 0 spiro atoms. The summed E-state index contributed by atoms with van der Waals surface area (Å²) in [6.07, 6.45) is 2.38. The zero-order valence-electron chi connectivity index (χ0n) is 23.6. The molecule has 2 heterocycles. The van der Waals surface area contributed by atoms with Crippen molar-refractivity contribution in [2.24, 2.45) is 0 Å². The van der Waals surface area contributed by atoms with Crippen LogP contribution in [0.4, 0.5) is 0 Å². The molecule has 43 heavy (non-hydrogen) atoms. The van der Waals surface area contributed by atoms with Gasteiger partial charge in [-0.15, -0.1) is 0 Å². The third kappa shape index (κ3) is 7.76. The number of methoxy groups -OCH3 is 1. The third-order valence-corrected chi connectivity index (χ3v) is 8.93. The topological polar surface area (TPSA) is 88.5 Å². The minimum absolute atomic E-state index is 0.160. The first-order chi connectivity index (χ1) is 20.8. The molecule has 0 aliphatic carbocycles. The van der Waals surface area contributed by atoms with Gasteiger partial charge in [-0.3, -0.25) is 14.6 Å². The number of rotatable bonds is 11. The highest BCUT2D eigenvalue weighted by Crippen LogP contribution is 2.39. The molecule has 2 aliphatic heterocycles. The molecule has 1 amide bonds. The van der Waals surface area contributed by atoms with E-state index in [1.54, 1.807) is 42.3 Å². The highest BCUT2D eigenvalue weighted by atomic mass is 35.5. The van der Waals surface area contributed by atoms with E-state index in [2.05, 4.69) is 4.90 Å². The standard InChI is InChI=1S/C32H31ClN2O6S2/c1-39-24-7-8-25(27(33)20-24)26-18-22(4-9-28(26)41-17-14-34-12-15-40-16-13-34)19-29-30(36)35(32(42)43-29)11-10-21-2-5-23(6-3-21)31(37)38/h2-9,18-20H,10-17H2,1H3,(H,37,38). The molecule has 0 saturated carbocycles. The van der Waals surface area contributed by atoms with Crippen LogP contribution in [-0.2, 0) is 16.0 Å². The first-order valence-electron chi connectivity index (χ1n) is 13.8. The summed E-state index contributed by atoms with van der Waals surface area (Å²) >= 11 is 13.5. The molecular weight excluding hydrogens is 608 g/mol. The van der Waals surface area contributed by atoms with E-state index in [1.165, 1.54) is 11.8 Å². The maximum absolute atomic E-state index is 13.3. The predicted molar refractivity (Wildman–Crippen MR) is 173 cm³/mol. The highest BCUT2D eigenvalue weighted by Gasteiger charge is 2.31. The second kappa shape index (κ2) is 14.4. The van der Waals surface area contributed by atoms with Crippen molar-refractivity contribution in [2.45, 2.75) is 6.42 Å². The Morgan fingerprint density at radius 2 is 1.84 bits per heavy atom. The molecule has 3 aromatic rings. The molecule has 224 valence electrons. The van der Waals surface area contributed by atoms with E-state index >= 15 is 0 Å². The van der Waals surface area contributed by atoms with E-state index in [0.29, 0.717) is 45.3 Å². The number of thioether (sulfide) groups is 1. The number of hydrogen-bond donors (Lipinski definition) is 1. The first kappa shape index (κ1) is 31.0. The van der Waals surface area contributed by atoms with Crippen molar-refractivity contribution in [2.75, 3.05) is 53.1 Å². The van der Waals surface area contributed by atoms with Crippen LogP contribution in [0.15, 0.2) is 65.6 Å². The minimum atomic E-state index is -0.973. The summed E-state index contributed by atoms with van der Waals surface area (Å²) in [6, 6.07) is 17.9. The number of carbonyl (C=O) groups is 2. The Kier molecular flexibility index (Phi) is 10.4. The van der Waals surface area contributed by atoms with Gasteiger partial charge < -0.3 is 19.3 Å². The quantitative estimate of drug-likeness (QED) is 0.205. The lowest BCUT2D eigenvalue weighted by Crippen LogP contribution is -2.38. The molecule has 1 N–H and O–H groups in total.